The predicted octanol–water partition coefficient (Wildman–Crippen LogP) is 3.59. The van der Waals surface area contributed by atoms with Crippen LogP contribution in [0.3, 0.4) is 0 Å². The Labute approximate surface area is 125 Å². The first-order chi connectivity index (χ1) is 8.85. The number of hydrogen-bond acceptors (Lipinski definition) is 2. The summed E-state index contributed by atoms with van der Waals surface area (Å²) in [5.41, 5.74) is 0.196. The third-order valence-corrected chi connectivity index (χ3v) is 3.05. The number of carbonyl (C=O) groups excluding carboxylic acids is 1. The molecular weight excluding hydrogens is 314 g/mol. The number of benzene rings is 1. The number of nitrogens with zero attached hydrogens (tertiary/aromatic N) is 1. The van der Waals surface area contributed by atoms with Crippen molar-refractivity contribution in [2.75, 3.05) is 18.4 Å². The number of amides is 2. The lowest BCUT2D eigenvalue weighted by Gasteiger charge is -2.20. The van der Waals surface area contributed by atoms with Gasteiger partial charge in [0.05, 0.1) is 15.7 Å². The summed E-state index contributed by atoms with van der Waals surface area (Å²) in [5.74, 6) is -1.11. The van der Waals surface area contributed by atoms with Crippen LogP contribution in [0.1, 0.15) is 6.92 Å². The molecule has 19 heavy (non-hydrogen) atoms. The zero-order valence-electron chi connectivity index (χ0n) is 9.91. The molecule has 2 N–H and O–H groups in total. The maximum absolute atomic E-state index is 11.9. The molecule has 0 radical (unpaired) electrons. The highest BCUT2D eigenvalue weighted by molar-refractivity contribution is 6.42. The molecule has 2 amide bonds. The average Bonchev–Trinajstić information content (AvgIpc) is 2.30. The summed E-state index contributed by atoms with van der Waals surface area (Å²) in [4.78, 5) is 23.6. The Kier molecular flexibility index (Phi) is 5.72. The molecule has 0 atom stereocenters. The van der Waals surface area contributed by atoms with Crippen LogP contribution in [0.4, 0.5) is 10.5 Å². The molecule has 0 fully saturated rings. The Bertz CT molecular complexity index is 485. The monoisotopic (exact) mass is 324 g/mol. The van der Waals surface area contributed by atoms with Gasteiger partial charge in [0.1, 0.15) is 6.54 Å². The molecule has 1 rings (SSSR count). The minimum atomic E-state index is -1.11. The summed E-state index contributed by atoms with van der Waals surface area (Å²) < 4.78 is 0. The maximum Gasteiger partial charge on any atom is 0.323 e. The van der Waals surface area contributed by atoms with E-state index in [4.69, 9.17) is 39.9 Å². The quantitative estimate of drug-likeness (QED) is 0.889. The zero-order chi connectivity index (χ0) is 14.6. The minimum Gasteiger partial charge on any atom is -0.480 e. The van der Waals surface area contributed by atoms with Gasteiger partial charge in [-0.2, -0.15) is 0 Å². The molecule has 5 nitrogen and oxygen atoms in total. The highest BCUT2D eigenvalue weighted by atomic mass is 35.5. The summed E-state index contributed by atoms with van der Waals surface area (Å²) in [6.45, 7) is 1.49. The third-order valence-electron chi connectivity index (χ3n) is 2.23. The van der Waals surface area contributed by atoms with Crippen LogP contribution in [-0.4, -0.2) is 35.1 Å². The number of carbonyl (C=O) groups is 2. The number of carboxylic acid groups (broad SMARTS) is 1. The number of nitrogens with one attached hydrogen (secondary N) is 1. The lowest BCUT2D eigenvalue weighted by molar-refractivity contribution is -0.137. The van der Waals surface area contributed by atoms with E-state index in [1.807, 2.05) is 0 Å². The fourth-order valence-electron chi connectivity index (χ4n) is 1.34. The van der Waals surface area contributed by atoms with Gasteiger partial charge in [0.2, 0.25) is 0 Å². The molecule has 1 aromatic rings. The highest BCUT2D eigenvalue weighted by Gasteiger charge is 2.17. The van der Waals surface area contributed by atoms with Crippen molar-refractivity contribution in [1.29, 1.82) is 0 Å². The molecule has 0 saturated carbocycles. The number of anilines is 1. The van der Waals surface area contributed by atoms with Crippen molar-refractivity contribution in [2.45, 2.75) is 6.92 Å². The first-order valence-corrected chi connectivity index (χ1v) is 6.40. The van der Waals surface area contributed by atoms with Gasteiger partial charge in [0, 0.05) is 11.6 Å². The van der Waals surface area contributed by atoms with Gasteiger partial charge < -0.3 is 15.3 Å². The van der Waals surface area contributed by atoms with Crippen molar-refractivity contribution < 1.29 is 14.7 Å². The predicted molar refractivity (Wildman–Crippen MR) is 75.4 cm³/mol. The molecule has 0 bridgehead atoms. The van der Waals surface area contributed by atoms with Crippen molar-refractivity contribution in [1.82, 2.24) is 4.90 Å². The second-order valence-electron chi connectivity index (χ2n) is 3.58. The van der Waals surface area contributed by atoms with Crippen LogP contribution >= 0.6 is 34.8 Å². The Morgan fingerprint density at radius 2 is 1.79 bits per heavy atom. The Hall–Kier alpha value is -1.17. The van der Waals surface area contributed by atoms with Crippen molar-refractivity contribution in [3.8, 4) is 0 Å². The number of halogens is 3. The van der Waals surface area contributed by atoms with Crippen molar-refractivity contribution in [3.05, 3.63) is 27.2 Å². The minimum absolute atomic E-state index is 0.178. The van der Waals surface area contributed by atoms with E-state index in [0.29, 0.717) is 5.02 Å². The summed E-state index contributed by atoms with van der Waals surface area (Å²) in [6, 6.07) is 2.26. The Balaban J connectivity index is 2.90. The van der Waals surface area contributed by atoms with Gasteiger partial charge in [-0.15, -0.1) is 0 Å². The molecule has 0 aliphatic carbocycles. The van der Waals surface area contributed by atoms with Crippen molar-refractivity contribution in [3.63, 3.8) is 0 Å². The van der Waals surface area contributed by atoms with Crippen LogP contribution < -0.4 is 5.32 Å². The zero-order valence-corrected chi connectivity index (χ0v) is 12.2. The molecular formula is C11H11Cl3N2O3. The summed E-state index contributed by atoms with van der Waals surface area (Å²) in [7, 11) is 0. The van der Waals surface area contributed by atoms with E-state index >= 15 is 0 Å². The van der Waals surface area contributed by atoms with Crippen LogP contribution in [0.5, 0.6) is 0 Å². The van der Waals surface area contributed by atoms with E-state index in [9.17, 15) is 9.59 Å². The summed E-state index contributed by atoms with van der Waals surface area (Å²) in [6.07, 6.45) is 0. The van der Waals surface area contributed by atoms with E-state index in [1.54, 1.807) is 6.92 Å². The standard InChI is InChI=1S/C11H11Cl3N2O3/c1-2-16(5-9(17)18)11(19)15-10-7(13)3-6(12)4-8(10)14/h3-4H,2,5H2,1H3,(H,15,19)(H,17,18). The molecule has 0 aliphatic rings. The average molecular weight is 326 g/mol. The summed E-state index contributed by atoms with van der Waals surface area (Å²) >= 11 is 17.6. The van der Waals surface area contributed by atoms with Gasteiger partial charge >= 0.3 is 12.0 Å². The van der Waals surface area contributed by atoms with Crippen molar-refractivity contribution in [2.24, 2.45) is 0 Å². The van der Waals surface area contributed by atoms with E-state index in [0.717, 1.165) is 4.90 Å². The molecule has 0 aromatic heterocycles. The molecule has 0 heterocycles. The maximum atomic E-state index is 11.9. The SMILES string of the molecule is CCN(CC(=O)O)C(=O)Nc1c(Cl)cc(Cl)cc1Cl. The van der Waals surface area contributed by atoms with E-state index < -0.39 is 18.5 Å². The largest absolute Gasteiger partial charge is 0.480 e. The number of urea groups is 1. The second-order valence-corrected chi connectivity index (χ2v) is 4.83. The van der Waals surface area contributed by atoms with Gasteiger partial charge in [-0.3, -0.25) is 4.79 Å². The molecule has 0 aliphatic heterocycles. The number of likely N-dealkylation sites (N-methyl/N-ethyl adjacent to an activating group) is 1. The van der Waals surface area contributed by atoms with E-state index in [2.05, 4.69) is 5.32 Å². The van der Waals surface area contributed by atoms with Crippen LogP contribution in [0.2, 0.25) is 15.1 Å². The summed E-state index contributed by atoms with van der Waals surface area (Å²) in [5, 5.41) is 11.8. The first kappa shape index (κ1) is 15.9. The normalized spacial score (nSPS) is 10.1. The number of aliphatic carboxylic acids is 1. The molecule has 0 spiro atoms. The van der Waals surface area contributed by atoms with Gasteiger partial charge in [0.25, 0.3) is 0 Å². The second kappa shape index (κ2) is 6.84. The molecule has 0 saturated heterocycles. The molecule has 8 heteroatoms. The Morgan fingerprint density at radius 1 is 1.26 bits per heavy atom. The lowest BCUT2D eigenvalue weighted by atomic mass is 10.3. The van der Waals surface area contributed by atoms with Crippen LogP contribution in [0.25, 0.3) is 0 Å². The highest BCUT2D eigenvalue weighted by Crippen LogP contribution is 2.33. The van der Waals surface area contributed by atoms with Gasteiger partial charge in [-0.25, -0.2) is 4.79 Å². The lowest BCUT2D eigenvalue weighted by Crippen LogP contribution is -2.38. The van der Waals surface area contributed by atoms with Gasteiger partial charge in [0.15, 0.2) is 0 Å². The van der Waals surface area contributed by atoms with Crippen LogP contribution in [0.15, 0.2) is 12.1 Å². The van der Waals surface area contributed by atoms with Gasteiger partial charge in [-0.1, -0.05) is 34.8 Å². The smallest absolute Gasteiger partial charge is 0.323 e. The fourth-order valence-corrected chi connectivity index (χ4v) is 2.25. The first-order valence-electron chi connectivity index (χ1n) is 5.27. The van der Waals surface area contributed by atoms with E-state index in [-0.39, 0.29) is 22.3 Å². The van der Waals surface area contributed by atoms with E-state index in [1.165, 1.54) is 12.1 Å². The van der Waals surface area contributed by atoms with Crippen LogP contribution in [-0.2, 0) is 4.79 Å². The topological polar surface area (TPSA) is 69.6 Å². The molecule has 104 valence electrons. The molecule has 1 aromatic carbocycles. The fraction of sp³-hybridized carbons (Fsp3) is 0.273. The van der Waals surface area contributed by atoms with Crippen LogP contribution in [0, 0.1) is 0 Å². The number of rotatable bonds is 4. The molecule has 0 unspecified atom stereocenters. The Morgan fingerprint density at radius 3 is 2.21 bits per heavy atom. The number of carboxylic acids is 1. The van der Waals surface area contributed by atoms with Crippen molar-refractivity contribution >= 4 is 52.5 Å². The van der Waals surface area contributed by atoms with Gasteiger partial charge in [-0.05, 0) is 19.1 Å². The number of hydrogen-bond donors (Lipinski definition) is 2. The third kappa shape index (κ3) is 4.45.